The molecule has 2 aliphatic heterocycles. The van der Waals surface area contributed by atoms with E-state index in [0.717, 1.165) is 0 Å². The summed E-state index contributed by atoms with van der Waals surface area (Å²) in [6.07, 6.45) is 0.260. The number of ether oxygens (including phenoxy) is 1. The number of carbonyl (C=O) groups excluding carboxylic acids is 2. The van der Waals surface area contributed by atoms with Gasteiger partial charge in [-0.15, -0.1) is 11.8 Å². The van der Waals surface area contributed by atoms with Crippen LogP contribution in [0.1, 0.15) is 24.8 Å². The highest BCUT2D eigenvalue weighted by Gasteiger charge is 2.43. The maximum absolute atomic E-state index is 12.7. The predicted octanol–water partition coefficient (Wildman–Crippen LogP) is 3.52. The molecule has 1 aromatic carbocycles. The van der Waals surface area contributed by atoms with E-state index in [9.17, 15) is 14.9 Å². The van der Waals surface area contributed by atoms with Crippen LogP contribution in [0.25, 0.3) is 0 Å². The number of hydrogen-bond donors (Lipinski definition) is 1. The number of nitrogens with zero attached hydrogens (tertiary/aromatic N) is 2. The fraction of sp³-hybridized carbons (Fsp3) is 0.278. The van der Waals surface area contributed by atoms with Crippen molar-refractivity contribution in [2.45, 2.75) is 19.3 Å². The van der Waals surface area contributed by atoms with Crippen molar-refractivity contribution in [2.24, 2.45) is 5.73 Å². The number of amides is 1. The summed E-state index contributed by atoms with van der Waals surface area (Å²) in [5.74, 6) is -1.31. The number of allylic oxidation sites excluding steroid dienone is 1. The summed E-state index contributed by atoms with van der Waals surface area (Å²) in [7, 11) is 0. The van der Waals surface area contributed by atoms with Gasteiger partial charge in [-0.05, 0) is 24.6 Å². The third-order valence-electron chi connectivity index (χ3n) is 4.22. The maximum Gasteiger partial charge on any atom is 0.338 e. The summed E-state index contributed by atoms with van der Waals surface area (Å²) >= 11 is 13.7. The molecule has 2 N–H and O–H groups in total. The van der Waals surface area contributed by atoms with E-state index >= 15 is 0 Å². The van der Waals surface area contributed by atoms with Crippen molar-refractivity contribution in [1.29, 1.82) is 5.26 Å². The smallest absolute Gasteiger partial charge is 0.338 e. The molecule has 1 amide bonds. The number of esters is 1. The van der Waals surface area contributed by atoms with Crippen molar-refractivity contribution >= 4 is 46.8 Å². The summed E-state index contributed by atoms with van der Waals surface area (Å²) in [4.78, 5) is 26.4. The van der Waals surface area contributed by atoms with Crippen molar-refractivity contribution in [2.75, 3.05) is 12.4 Å². The Balaban J connectivity index is 2.28. The lowest BCUT2D eigenvalue weighted by molar-refractivity contribution is -0.139. The first-order valence-electron chi connectivity index (χ1n) is 8.12. The van der Waals surface area contributed by atoms with Crippen LogP contribution in [0.4, 0.5) is 0 Å². The molecule has 1 saturated heterocycles. The minimum absolute atomic E-state index is 0.0252. The molecule has 6 nitrogen and oxygen atoms in total. The third kappa shape index (κ3) is 3.41. The lowest BCUT2D eigenvalue weighted by Gasteiger charge is -2.37. The van der Waals surface area contributed by atoms with E-state index in [1.807, 2.05) is 0 Å². The molecule has 0 radical (unpaired) electrons. The maximum atomic E-state index is 12.7. The van der Waals surface area contributed by atoms with E-state index in [4.69, 9.17) is 33.7 Å². The van der Waals surface area contributed by atoms with Gasteiger partial charge in [0.25, 0.3) is 0 Å². The van der Waals surface area contributed by atoms with Gasteiger partial charge in [0.2, 0.25) is 5.91 Å². The SMILES string of the molecule is CCOC(=O)C1=C(N)N2C(=O)CCSC2=C(C#N)C1c1ccc(Cl)cc1Cl. The fourth-order valence-electron chi connectivity index (χ4n) is 3.09. The number of halogens is 2. The van der Waals surface area contributed by atoms with E-state index < -0.39 is 11.9 Å². The van der Waals surface area contributed by atoms with Crippen molar-refractivity contribution in [3.05, 3.63) is 55.8 Å². The first kappa shape index (κ1) is 19.6. The minimum atomic E-state index is -0.844. The number of fused-ring (bicyclic) bond motifs is 1. The highest BCUT2D eigenvalue weighted by Crippen LogP contribution is 2.47. The van der Waals surface area contributed by atoms with Gasteiger partial charge in [0.1, 0.15) is 5.82 Å². The molecule has 140 valence electrons. The highest BCUT2D eigenvalue weighted by molar-refractivity contribution is 8.03. The van der Waals surface area contributed by atoms with Gasteiger partial charge < -0.3 is 10.5 Å². The largest absolute Gasteiger partial charge is 0.463 e. The standard InChI is InChI=1S/C18H15Cl2N3O3S/c1-2-26-18(25)15-14(10-4-3-9(19)7-12(10)20)11(8-21)17-23(16(15)22)13(24)5-6-27-17/h3-4,7,14H,2,5-6,22H2,1H3. The highest BCUT2D eigenvalue weighted by atomic mass is 35.5. The molecule has 1 atom stereocenters. The van der Waals surface area contributed by atoms with Gasteiger partial charge in [0.15, 0.2) is 0 Å². The third-order valence-corrected chi connectivity index (χ3v) is 5.87. The zero-order valence-electron chi connectivity index (χ0n) is 14.3. The molecule has 1 unspecified atom stereocenters. The molecule has 1 aromatic rings. The van der Waals surface area contributed by atoms with Gasteiger partial charge in [0.05, 0.1) is 34.8 Å². The molecule has 2 heterocycles. The number of thioether (sulfide) groups is 1. The molecule has 9 heteroatoms. The second kappa shape index (κ2) is 7.85. The van der Waals surface area contributed by atoms with Gasteiger partial charge in [0, 0.05) is 22.2 Å². The van der Waals surface area contributed by atoms with Crippen LogP contribution in [0.3, 0.4) is 0 Å². The Hall–Kier alpha value is -2.14. The molecular weight excluding hydrogens is 409 g/mol. The van der Waals surface area contributed by atoms with Crippen molar-refractivity contribution in [3.8, 4) is 6.07 Å². The molecule has 0 aromatic heterocycles. The summed E-state index contributed by atoms with van der Waals surface area (Å²) in [5.41, 5.74) is 6.99. The molecule has 0 spiro atoms. The van der Waals surface area contributed by atoms with Crippen LogP contribution in [0.5, 0.6) is 0 Å². The Kier molecular flexibility index (Phi) is 5.70. The van der Waals surface area contributed by atoms with Crippen LogP contribution < -0.4 is 5.73 Å². The van der Waals surface area contributed by atoms with Crippen molar-refractivity contribution in [3.63, 3.8) is 0 Å². The summed E-state index contributed by atoms with van der Waals surface area (Å²) in [5, 5.41) is 11.0. The molecule has 0 aliphatic carbocycles. The number of hydrogen-bond acceptors (Lipinski definition) is 6. The molecule has 2 aliphatic rings. The fourth-order valence-corrected chi connectivity index (χ4v) is 4.73. The van der Waals surface area contributed by atoms with Crippen molar-refractivity contribution < 1.29 is 14.3 Å². The molecule has 3 rings (SSSR count). The van der Waals surface area contributed by atoms with Gasteiger partial charge in [-0.2, -0.15) is 5.26 Å². The van der Waals surface area contributed by atoms with E-state index in [2.05, 4.69) is 6.07 Å². The van der Waals surface area contributed by atoms with E-state index in [-0.39, 0.29) is 40.9 Å². The van der Waals surface area contributed by atoms with Gasteiger partial charge >= 0.3 is 5.97 Å². The van der Waals surface area contributed by atoms with Crippen LogP contribution in [-0.4, -0.2) is 29.1 Å². The topological polar surface area (TPSA) is 96.4 Å². The number of benzene rings is 1. The zero-order chi connectivity index (χ0) is 19.7. The Morgan fingerprint density at radius 1 is 1.48 bits per heavy atom. The van der Waals surface area contributed by atoms with Gasteiger partial charge in [-0.1, -0.05) is 29.3 Å². The van der Waals surface area contributed by atoms with Gasteiger partial charge in [-0.25, -0.2) is 4.79 Å². The Morgan fingerprint density at radius 3 is 2.85 bits per heavy atom. The molecular formula is C18H15Cl2N3O3S. The average molecular weight is 424 g/mol. The number of carbonyl (C=O) groups is 2. The zero-order valence-corrected chi connectivity index (χ0v) is 16.6. The summed E-state index contributed by atoms with van der Waals surface area (Å²) < 4.78 is 5.15. The summed E-state index contributed by atoms with van der Waals surface area (Å²) in [6, 6.07) is 6.93. The van der Waals surface area contributed by atoms with Gasteiger partial charge in [-0.3, -0.25) is 9.69 Å². The monoisotopic (exact) mass is 423 g/mol. The van der Waals surface area contributed by atoms with E-state index in [1.54, 1.807) is 19.1 Å². The first-order chi connectivity index (χ1) is 12.9. The van der Waals surface area contributed by atoms with Crippen LogP contribution in [0.2, 0.25) is 10.0 Å². The van der Waals surface area contributed by atoms with E-state index in [1.165, 1.54) is 22.7 Å². The molecule has 1 fully saturated rings. The summed E-state index contributed by atoms with van der Waals surface area (Å²) in [6.45, 7) is 1.79. The van der Waals surface area contributed by atoms with Crippen LogP contribution in [-0.2, 0) is 14.3 Å². The second-order valence-corrected chi connectivity index (χ2v) is 7.70. The average Bonchev–Trinajstić information content (AvgIpc) is 2.61. The molecule has 0 bridgehead atoms. The lowest BCUT2D eigenvalue weighted by Crippen LogP contribution is -2.42. The van der Waals surface area contributed by atoms with Crippen LogP contribution >= 0.6 is 35.0 Å². The molecule has 27 heavy (non-hydrogen) atoms. The predicted molar refractivity (Wildman–Crippen MR) is 104 cm³/mol. The quantitative estimate of drug-likeness (QED) is 0.746. The number of nitrogens with two attached hydrogens (primary N) is 1. The first-order valence-corrected chi connectivity index (χ1v) is 9.86. The molecule has 0 saturated carbocycles. The number of rotatable bonds is 3. The van der Waals surface area contributed by atoms with Crippen LogP contribution in [0, 0.1) is 11.3 Å². The van der Waals surface area contributed by atoms with E-state index in [0.29, 0.717) is 21.4 Å². The lowest BCUT2D eigenvalue weighted by atomic mass is 9.83. The minimum Gasteiger partial charge on any atom is -0.463 e. The number of nitriles is 1. The normalized spacial score (nSPS) is 19.7. The Labute approximate surface area is 170 Å². The van der Waals surface area contributed by atoms with Crippen molar-refractivity contribution in [1.82, 2.24) is 4.90 Å². The Bertz CT molecular complexity index is 936. The van der Waals surface area contributed by atoms with Crippen LogP contribution in [0.15, 0.2) is 40.2 Å². The second-order valence-electron chi connectivity index (χ2n) is 5.78. The Morgan fingerprint density at radius 2 is 2.22 bits per heavy atom.